The number of aromatic hydroxyl groups is 1. The number of nitrogens with one attached hydrogen (secondary N) is 2. The number of amides is 1. The van der Waals surface area contributed by atoms with E-state index in [-0.39, 0.29) is 34.1 Å². The van der Waals surface area contributed by atoms with Crippen molar-refractivity contribution in [2.45, 2.75) is 12.5 Å². The summed E-state index contributed by atoms with van der Waals surface area (Å²) in [6.45, 7) is 1.68. The van der Waals surface area contributed by atoms with Crippen LogP contribution in [0.3, 0.4) is 0 Å². The van der Waals surface area contributed by atoms with Crippen LogP contribution >= 0.6 is 11.6 Å². The number of para-hydroxylation sites is 1. The van der Waals surface area contributed by atoms with E-state index in [1.54, 1.807) is 30.3 Å². The lowest BCUT2D eigenvalue weighted by atomic mass is 10.0. The maximum atomic E-state index is 12.5. The monoisotopic (exact) mass is 344 g/mol. The van der Waals surface area contributed by atoms with E-state index in [0.717, 1.165) is 19.5 Å². The predicted molar refractivity (Wildman–Crippen MR) is 91.7 cm³/mol. The number of carbonyl (C=O) groups is 2. The average Bonchev–Trinajstić information content (AvgIpc) is 3.10. The first kappa shape index (κ1) is 16.5. The molecule has 1 amide bonds. The lowest BCUT2D eigenvalue weighted by Crippen LogP contribution is -2.36. The maximum Gasteiger partial charge on any atom is 0.251 e. The van der Waals surface area contributed by atoms with Gasteiger partial charge in [-0.25, -0.2) is 0 Å². The number of hydrogen-bond donors (Lipinski definition) is 3. The topological polar surface area (TPSA) is 78.4 Å². The molecular formula is C18H17ClN2O3. The van der Waals surface area contributed by atoms with Gasteiger partial charge in [0.05, 0.1) is 10.6 Å². The highest BCUT2D eigenvalue weighted by Crippen LogP contribution is 2.28. The Bertz CT molecular complexity index is 768. The average molecular weight is 345 g/mol. The van der Waals surface area contributed by atoms with Crippen molar-refractivity contribution in [1.82, 2.24) is 10.6 Å². The van der Waals surface area contributed by atoms with Crippen LogP contribution in [-0.4, -0.2) is 35.9 Å². The van der Waals surface area contributed by atoms with E-state index in [2.05, 4.69) is 10.6 Å². The molecule has 24 heavy (non-hydrogen) atoms. The van der Waals surface area contributed by atoms with Gasteiger partial charge in [-0.1, -0.05) is 29.8 Å². The number of phenolic OH excluding ortho intramolecular Hbond substituents is 1. The van der Waals surface area contributed by atoms with E-state index in [4.69, 9.17) is 11.6 Å². The van der Waals surface area contributed by atoms with Gasteiger partial charge in [0.25, 0.3) is 5.91 Å². The normalized spacial score (nSPS) is 16.8. The number of carbonyl (C=O) groups excluding carboxylic acids is 2. The van der Waals surface area contributed by atoms with Crippen molar-refractivity contribution in [3.05, 3.63) is 64.2 Å². The van der Waals surface area contributed by atoms with Gasteiger partial charge in [0.15, 0.2) is 5.78 Å². The van der Waals surface area contributed by atoms with E-state index in [1.807, 2.05) is 0 Å². The standard InChI is InChI=1S/C18H17ClN2O3/c19-15-3-1-2-14(17(15)23)16(22)11-4-6-12(7-5-11)18(24)21-13-8-9-20-10-13/h1-7,13,20,23H,8-10H2,(H,21,24). The van der Waals surface area contributed by atoms with Gasteiger partial charge in [-0.3, -0.25) is 9.59 Å². The fraction of sp³-hybridized carbons (Fsp3) is 0.222. The van der Waals surface area contributed by atoms with Crippen molar-refractivity contribution in [3.63, 3.8) is 0 Å². The van der Waals surface area contributed by atoms with Crippen molar-refractivity contribution in [2.75, 3.05) is 13.1 Å². The third kappa shape index (κ3) is 3.42. The largest absolute Gasteiger partial charge is 0.506 e. The quantitative estimate of drug-likeness (QED) is 0.744. The van der Waals surface area contributed by atoms with Crippen molar-refractivity contribution in [1.29, 1.82) is 0 Å². The molecule has 0 radical (unpaired) electrons. The summed E-state index contributed by atoms with van der Waals surface area (Å²) >= 11 is 5.83. The summed E-state index contributed by atoms with van der Waals surface area (Å²) in [5, 5.41) is 16.2. The minimum absolute atomic E-state index is 0.127. The molecule has 3 rings (SSSR count). The summed E-state index contributed by atoms with van der Waals surface area (Å²) < 4.78 is 0. The van der Waals surface area contributed by atoms with Gasteiger partial charge in [-0.15, -0.1) is 0 Å². The molecule has 1 unspecified atom stereocenters. The van der Waals surface area contributed by atoms with Crippen LogP contribution < -0.4 is 10.6 Å². The molecule has 1 aliphatic rings. The lowest BCUT2D eigenvalue weighted by Gasteiger charge is -2.11. The first-order valence-electron chi connectivity index (χ1n) is 7.70. The number of phenols is 1. The summed E-state index contributed by atoms with van der Waals surface area (Å²) in [6, 6.07) is 11.1. The Morgan fingerprint density at radius 3 is 2.50 bits per heavy atom. The number of rotatable bonds is 4. The Balaban J connectivity index is 1.75. The molecular weight excluding hydrogens is 328 g/mol. The van der Waals surface area contributed by atoms with Crippen molar-refractivity contribution < 1.29 is 14.7 Å². The Kier molecular flexibility index (Phi) is 4.83. The van der Waals surface area contributed by atoms with Gasteiger partial charge in [-0.05, 0) is 37.2 Å². The summed E-state index contributed by atoms with van der Waals surface area (Å²) in [5.74, 6) is -0.741. The van der Waals surface area contributed by atoms with Crippen LogP contribution in [0.25, 0.3) is 0 Å². The Morgan fingerprint density at radius 1 is 1.12 bits per heavy atom. The third-order valence-corrected chi connectivity index (χ3v) is 4.34. The molecule has 2 aromatic rings. The second-order valence-electron chi connectivity index (χ2n) is 5.71. The van der Waals surface area contributed by atoms with Crippen molar-refractivity contribution in [3.8, 4) is 5.75 Å². The second-order valence-corrected chi connectivity index (χ2v) is 6.11. The van der Waals surface area contributed by atoms with E-state index < -0.39 is 0 Å². The Labute approximate surface area is 144 Å². The number of halogens is 1. The van der Waals surface area contributed by atoms with Gasteiger partial charge in [0.1, 0.15) is 5.75 Å². The van der Waals surface area contributed by atoms with E-state index >= 15 is 0 Å². The van der Waals surface area contributed by atoms with E-state index in [0.29, 0.717) is 11.1 Å². The fourth-order valence-electron chi connectivity index (χ4n) is 2.67. The van der Waals surface area contributed by atoms with E-state index in [9.17, 15) is 14.7 Å². The molecule has 124 valence electrons. The SMILES string of the molecule is O=C(NC1CCNC1)c1ccc(C(=O)c2cccc(Cl)c2O)cc1. The first-order chi connectivity index (χ1) is 11.6. The zero-order valence-electron chi connectivity index (χ0n) is 12.9. The second kappa shape index (κ2) is 7.03. The molecule has 6 heteroatoms. The van der Waals surface area contributed by atoms with Crippen LogP contribution in [0.4, 0.5) is 0 Å². The van der Waals surface area contributed by atoms with Gasteiger partial charge in [0, 0.05) is 23.7 Å². The van der Waals surface area contributed by atoms with Crippen LogP contribution in [0, 0.1) is 0 Å². The van der Waals surface area contributed by atoms with Gasteiger partial charge >= 0.3 is 0 Å². The molecule has 0 aromatic heterocycles. The highest BCUT2D eigenvalue weighted by Gasteiger charge is 2.19. The Morgan fingerprint density at radius 2 is 1.83 bits per heavy atom. The first-order valence-corrected chi connectivity index (χ1v) is 8.08. The van der Waals surface area contributed by atoms with Crippen LogP contribution in [0.1, 0.15) is 32.7 Å². The lowest BCUT2D eigenvalue weighted by molar-refractivity contribution is 0.0938. The molecule has 1 heterocycles. The molecule has 0 spiro atoms. The number of hydrogen-bond acceptors (Lipinski definition) is 4. The number of ketones is 1. The molecule has 0 bridgehead atoms. The van der Waals surface area contributed by atoms with Crippen LogP contribution in [-0.2, 0) is 0 Å². The van der Waals surface area contributed by atoms with Gasteiger partial charge < -0.3 is 15.7 Å². The fourth-order valence-corrected chi connectivity index (χ4v) is 2.85. The third-order valence-electron chi connectivity index (χ3n) is 4.04. The molecule has 1 saturated heterocycles. The van der Waals surface area contributed by atoms with Crippen LogP contribution in [0.15, 0.2) is 42.5 Å². The molecule has 0 aliphatic carbocycles. The van der Waals surface area contributed by atoms with Gasteiger partial charge in [-0.2, -0.15) is 0 Å². The highest BCUT2D eigenvalue weighted by atomic mass is 35.5. The molecule has 2 aromatic carbocycles. The molecule has 1 atom stereocenters. The summed E-state index contributed by atoms with van der Waals surface area (Å²) in [6.07, 6.45) is 0.913. The molecule has 3 N–H and O–H groups in total. The molecule has 1 aliphatic heterocycles. The Hall–Kier alpha value is -2.37. The highest BCUT2D eigenvalue weighted by molar-refractivity contribution is 6.33. The zero-order chi connectivity index (χ0) is 17.1. The molecule has 5 nitrogen and oxygen atoms in total. The summed E-state index contributed by atoms with van der Waals surface area (Å²) in [5.41, 5.74) is 1.01. The summed E-state index contributed by atoms with van der Waals surface area (Å²) in [4.78, 5) is 24.6. The van der Waals surface area contributed by atoms with Gasteiger partial charge in [0.2, 0.25) is 0 Å². The minimum atomic E-state index is -0.345. The van der Waals surface area contributed by atoms with Crippen molar-refractivity contribution in [2.24, 2.45) is 0 Å². The van der Waals surface area contributed by atoms with Crippen LogP contribution in [0.2, 0.25) is 5.02 Å². The maximum absolute atomic E-state index is 12.5. The van der Waals surface area contributed by atoms with Crippen molar-refractivity contribution >= 4 is 23.3 Å². The molecule has 0 saturated carbocycles. The zero-order valence-corrected chi connectivity index (χ0v) is 13.6. The predicted octanol–water partition coefficient (Wildman–Crippen LogP) is 2.37. The smallest absolute Gasteiger partial charge is 0.251 e. The summed E-state index contributed by atoms with van der Waals surface area (Å²) in [7, 11) is 0. The minimum Gasteiger partial charge on any atom is -0.506 e. The molecule has 1 fully saturated rings. The van der Waals surface area contributed by atoms with E-state index in [1.165, 1.54) is 12.1 Å². The van der Waals surface area contributed by atoms with Crippen LogP contribution in [0.5, 0.6) is 5.75 Å². The number of benzene rings is 2.